The molecule has 3 rings (SSSR count). The van der Waals surface area contributed by atoms with Gasteiger partial charge in [-0.25, -0.2) is 18.2 Å². The van der Waals surface area contributed by atoms with Crippen molar-refractivity contribution in [2.24, 2.45) is 0 Å². The van der Waals surface area contributed by atoms with Crippen molar-refractivity contribution < 1.29 is 13.2 Å². The average molecular weight is 437 g/mol. The largest absolute Gasteiger partial charge is 0.332 e. The van der Waals surface area contributed by atoms with Gasteiger partial charge < -0.3 is 5.32 Å². The van der Waals surface area contributed by atoms with Crippen molar-refractivity contribution in [3.8, 4) is 10.4 Å². The fraction of sp³-hybridized carbons (Fsp3) is 0.167. The lowest BCUT2D eigenvalue weighted by atomic mass is 10.2. The van der Waals surface area contributed by atoms with E-state index >= 15 is 0 Å². The van der Waals surface area contributed by atoms with E-state index in [1.165, 1.54) is 17.4 Å². The minimum atomic E-state index is -3.46. The zero-order valence-electron chi connectivity index (χ0n) is 15.1. The van der Waals surface area contributed by atoms with Gasteiger partial charge in [0.05, 0.1) is 32.7 Å². The highest BCUT2D eigenvalue weighted by Crippen LogP contribution is 2.35. The number of carbonyl (C=O) groups is 1. The number of aryl methyl sites for hydroxylation is 1. The molecule has 1 aromatic carbocycles. The summed E-state index contributed by atoms with van der Waals surface area (Å²) in [5, 5.41) is 5.97. The fourth-order valence-corrected chi connectivity index (χ4v) is 4.72. The van der Waals surface area contributed by atoms with E-state index in [0.29, 0.717) is 22.9 Å². The number of pyridine rings is 1. The molecular formula is C18H17ClN4O3S2. The van der Waals surface area contributed by atoms with Gasteiger partial charge in [-0.15, -0.1) is 0 Å². The van der Waals surface area contributed by atoms with Crippen molar-refractivity contribution in [3.05, 3.63) is 59.0 Å². The highest BCUT2D eigenvalue weighted by molar-refractivity contribution is 7.90. The number of nitrogens with zero attached hydrogens (tertiary/aromatic N) is 2. The topological polar surface area (TPSA) is 101 Å². The van der Waals surface area contributed by atoms with E-state index in [0.717, 1.165) is 16.8 Å². The second kappa shape index (κ2) is 8.26. The maximum atomic E-state index is 12.1. The summed E-state index contributed by atoms with van der Waals surface area (Å²) in [6, 6.07) is 9.83. The van der Waals surface area contributed by atoms with Crippen molar-refractivity contribution in [1.29, 1.82) is 0 Å². The standard InChI is InChI=1S/C18H17ClN4O3S2/c1-11-16(12-6-7-14(19)15(9-12)28(2,25)26)27-18(22-11)23-17(24)21-10-13-5-3-4-8-20-13/h3-9H,10H2,1-2H3,(H2,21,22,23,24). The Kier molecular flexibility index (Phi) is 5.97. The van der Waals surface area contributed by atoms with Crippen LogP contribution in [0.15, 0.2) is 47.5 Å². The third-order valence-corrected chi connectivity index (χ3v) is 6.47. The van der Waals surface area contributed by atoms with Crippen LogP contribution in [0.25, 0.3) is 10.4 Å². The number of thiazole rings is 1. The molecular weight excluding hydrogens is 420 g/mol. The summed E-state index contributed by atoms with van der Waals surface area (Å²) in [4.78, 5) is 21.4. The first kappa shape index (κ1) is 20.2. The summed E-state index contributed by atoms with van der Waals surface area (Å²) < 4.78 is 23.8. The van der Waals surface area contributed by atoms with Crippen LogP contribution in [0.2, 0.25) is 5.02 Å². The number of hydrogen-bond donors (Lipinski definition) is 2. The maximum absolute atomic E-state index is 12.1. The quantitative estimate of drug-likeness (QED) is 0.631. The first-order valence-corrected chi connectivity index (χ1v) is 11.2. The Hall–Kier alpha value is -2.49. The minimum Gasteiger partial charge on any atom is -0.332 e. The molecule has 10 heteroatoms. The lowest BCUT2D eigenvalue weighted by Crippen LogP contribution is -2.28. The first-order valence-electron chi connectivity index (χ1n) is 8.16. The molecule has 28 heavy (non-hydrogen) atoms. The summed E-state index contributed by atoms with van der Waals surface area (Å²) in [5.74, 6) is 0. The van der Waals surface area contributed by atoms with E-state index in [-0.39, 0.29) is 9.92 Å². The number of benzene rings is 1. The Balaban J connectivity index is 1.75. The highest BCUT2D eigenvalue weighted by Gasteiger charge is 2.17. The SMILES string of the molecule is Cc1nc(NC(=O)NCc2ccccn2)sc1-c1ccc(Cl)c(S(C)(=O)=O)c1. The van der Waals surface area contributed by atoms with Gasteiger partial charge in [-0.2, -0.15) is 0 Å². The lowest BCUT2D eigenvalue weighted by molar-refractivity contribution is 0.251. The normalized spacial score (nSPS) is 11.2. The number of carbonyl (C=O) groups excluding carboxylic acids is 1. The van der Waals surface area contributed by atoms with E-state index in [1.807, 2.05) is 12.1 Å². The summed E-state index contributed by atoms with van der Waals surface area (Å²) in [6.07, 6.45) is 2.76. The molecule has 2 amide bonds. The highest BCUT2D eigenvalue weighted by atomic mass is 35.5. The Bertz CT molecular complexity index is 1120. The summed E-state index contributed by atoms with van der Waals surface area (Å²) in [7, 11) is -3.46. The van der Waals surface area contributed by atoms with E-state index in [4.69, 9.17) is 11.6 Å². The summed E-state index contributed by atoms with van der Waals surface area (Å²) >= 11 is 7.26. The maximum Gasteiger partial charge on any atom is 0.321 e. The molecule has 0 spiro atoms. The summed E-state index contributed by atoms with van der Waals surface area (Å²) in [6.45, 7) is 2.08. The van der Waals surface area contributed by atoms with Crippen molar-refractivity contribution in [2.75, 3.05) is 11.6 Å². The minimum absolute atomic E-state index is 0.0575. The number of urea groups is 1. The number of hydrogen-bond acceptors (Lipinski definition) is 6. The molecule has 0 bridgehead atoms. The first-order chi connectivity index (χ1) is 13.2. The zero-order valence-corrected chi connectivity index (χ0v) is 17.5. The molecule has 0 aliphatic heterocycles. The number of aromatic nitrogens is 2. The molecule has 2 heterocycles. The third kappa shape index (κ3) is 4.86. The fourth-order valence-electron chi connectivity index (χ4n) is 2.46. The van der Waals surface area contributed by atoms with Gasteiger partial charge in [0.15, 0.2) is 15.0 Å². The monoisotopic (exact) mass is 436 g/mol. The van der Waals surface area contributed by atoms with Crippen molar-refractivity contribution in [3.63, 3.8) is 0 Å². The zero-order chi connectivity index (χ0) is 20.3. The summed E-state index contributed by atoms with van der Waals surface area (Å²) in [5.41, 5.74) is 2.08. The number of anilines is 1. The van der Waals surface area contributed by atoms with Gasteiger partial charge >= 0.3 is 6.03 Å². The van der Waals surface area contributed by atoms with E-state index in [9.17, 15) is 13.2 Å². The number of amides is 2. The van der Waals surface area contributed by atoms with E-state index < -0.39 is 15.9 Å². The van der Waals surface area contributed by atoms with Crippen LogP contribution in [-0.2, 0) is 16.4 Å². The molecule has 0 unspecified atom stereocenters. The van der Waals surface area contributed by atoms with E-state index in [1.54, 1.807) is 31.3 Å². The number of sulfone groups is 1. The second-order valence-corrected chi connectivity index (χ2v) is 9.37. The molecule has 0 radical (unpaired) electrons. The molecule has 146 valence electrons. The number of nitrogens with one attached hydrogen (secondary N) is 2. The molecule has 3 aromatic rings. The number of halogens is 1. The van der Waals surface area contributed by atoms with Crippen LogP contribution in [0.1, 0.15) is 11.4 Å². The molecule has 2 N–H and O–H groups in total. The molecule has 0 aliphatic rings. The van der Waals surface area contributed by atoms with Gasteiger partial charge in [-0.05, 0) is 36.8 Å². The van der Waals surface area contributed by atoms with Gasteiger partial charge in [0, 0.05) is 12.5 Å². The van der Waals surface area contributed by atoms with Crippen LogP contribution in [0.3, 0.4) is 0 Å². The van der Waals surface area contributed by atoms with Crippen molar-refractivity contribution >= 4 is 43.9 Å². The Morgan fingerprint density at radius 2 is 2.04 bits per heavy atom. The van der Waals surface area contributed by atoms with Gasteiger partial charge in [0.1, 0.15) is 0 Å². The van der Waals surface area contributed by atoms with Gasteiger partial charge in [-0.1, -0.05) is 35.1 Å². The molecule has 0 aliphatic carbocycles. The molecule has 2 aromatic heterocycles. The smallest absolute Gasteiger partial charge is 0.321 e. The molecule has 0 saturated heterocycles. The van der Waals surface area contributed by atoms with E-state index in [2.05, 4.69) is 20.6 Å². The molecule has 0 fully saturated rings. The van der Waals surface area contributed by atoms with Crippen LogP contribution in [-0.4, -0.2) is 30.7 Å². The van der Waals surface area contributed by atoms with Crippen LogP contribution >= 0.6 is 22.9 Å². The van der Waals surface area contributed by atoms with Gasteiger partial charge in [0.2, 0.25) is 0 Å². The van der Waals surface area contributed by atoms with Crippen molar-refractivity contribution in [1.82, 2.24) is 15.3 Å². The van der Waals surface area contributed by atoms with Gasteiger partial charge in [0.25, 0.3) is 0 Å². The Morgan fingerprint density at radius 3 is 2.71 bits per heavy atom. The Labute approximate surface area is 171 Å². The molecule has 0 saturated carbocycles. The van der Waals surface area contributed by atoms with Crippen LogP contribution in [0.5, 0.6) is 0 Å². The Morgan fingerprint density at radius 1 is 1.25 bits per heavy atom. The van der Waals surface area contributed by atoms with Crippen LogP contribution in [0, 0.1) is 6.92 Å². The predicted octanol–water partition coefficient (Wildman–Crippen LogP) is 3.89. The van der Waals surface area contributed by atoms with Crippen LogP contribution in [0.4, 0.5) is 9.93 Å². The second-order valence-electron chi connectivity index (χ2n) is 5.98. The van der Waals surface area contributed by atoms with Crippen molar-refractivity contribution in [2.45, 2.75) is 18.4 Å². The number of rotatable bonds is 5. The lowest BCUT2D eigenvalue weighted by Gasteiger charge is -2.05. The molecule has 7 nitrogen and oxygen atoms in total. The van der Waals surface area contributed by atoms with Gasteiger partial charge in [-0.3, -0.25) is 10.3 Å². The predicted molar refractivity (Wildman–Crippen MR) is 111 cm³/mol. The molecule has 0 atom stereocenters. The average Bonchev–Trinajstić information content (AvgIpc) is 3.00. The van der Waals surface area contributed by atoms with Crippen LogP contribution < -0.4 is 10.6 Å². The third-order valence-electron chi connectivity index (χ3n) is 3.77.